The number of carbonyl (C=O) groups excluding carboxylic acids is 1. The van der Waals surface area contributed by atoms with E-state index in [9.17, 15) is 4.79 Å². The van der Waals surface area contributed by atoms with E-state index >= 15 is 0 Å². The van der Waals surface area contributed by atoms with Crippen LogP contribution in [0.15, 0.2) is 30.5 Å². The molecular formula is C27H37N3O3. The smallest absolute Gasteiger partial charge is 0.228 e. The van der Waals surface area contributed by atoms with Crippen molar-refractivity contribution in [3.8, 4) is 5.75 Å². The van der Waals surface area contributed by atoms with Crippen LogP contribution in [0.2, 0.25) is 0 Å². The predicted octanol–water partition coefficient (Wildman–Crippen LogP) is 4.24. The minimum Gasteiger partial charge on any atom is -0.490 e. The van der Waals surface area contributed by atoms with Crippen LogP contribution in [-0.2, 0) is 9.53 Å². The molecule has 0 bridgehead atoms. The molecule has 3 saturated heterocycles. The van der Waals surface area contributed by atoms with Crippen molar-refractivity contribution in [3.63, 3.8) is 0 Å². The lowest BCUT2D eigenvalue weighted by atomic mass is 9.90. The summed E-state index contributed by atoms with van der Waals surface area (Å²) in [6.45, 7) is 5.39. The molecule has 0 spiro atoms. The summed E-state index contributed by atoms with van der Waals surface area (Å²) in [7, 11) is 0. The summed E-state index contributed by atoms with van der Waals surface area (Å²) in [5, 5.41) is 1.25. The monoisotopic (exact) mass is 451 g/mol. The molecule has 4 fully saturated rings. The van der Waals surface area contributed by atoms with Crippen molar-refractivity contribution in [2.24, 2.45) is 5.92 Å². The molecule has 1 atom stereocenters. The number of hydrogen-bond donors (Lipinski definition) is 0. The Labute approximate surface area is 196 Å². The van der Waals surface area contributed by atoms with Gasteiger partial charge >= 0.3 is 0 Å². The van der Waals surface area contributed by atoms with E-state index < -0.39 is 0 Å². The van der Waals surface area contributed by atoms with Crippen molar-refractivity contribution in [2.45, 2.75) is 69.6 Å². The average Bonchev–Trinajstić information content (AvgIpc) is 3.49. The van der Waals surface area contributed by atoms with Crippen molar-refractivity contribution in [3.05, 3.63) is 30.5 Å². The summed E-state index contributed by atoms with van der Waals surface area (Å²) < 4.78 is 14.2. The number of aromatic nitrogens is 1. The molecule has 0 N–H and O–H groups in total. The maximum atomic E-state index is 12.7. The Kier molecular flexibility index (Phi) is 6.05. The second kappa shape index (κ2) is 9.30. The Bertz CT molecular complexity index is 962. The number of piperidine rings is 2. The van der Waals surface area contributed by atoms with Crippen LogP contribution in [0.5, 0.6) is 5.75 Å². The fraction of sp³-hybridized carbons (Fsp3) is 0.667. The summed E-state index contributed by atoms with van der Waals surface area (Å²) in [4.78, 5) is 17.4. The zero-order valence-corrected chi connectivity index (χ0v) is 19.7. The van der Waals surface area contributed by atoms with Crippen molar-refractivity contribution in [2.75, 3.05) is 39.4 Å². The average molecular weight is 452 g/mol. The number of carbonyl (C=O) groups is 1. The molecule has 1 saturated carbocycles. The molecule has 6 nitrogen and oxygen atoms in total. The molecule has 1 aromatic heterocycles. The van der Waals surface area contributed by atoms with E-state index in [1.807, 2.05) is 0 Å². The molecule has 1 unspecified atom stereocenters. The third kappa shape index (κ3) is 4.40. The van der Waals surface area contributed by atoms with Gasteiger partial charge in [0.15, 0.2) is 0 Å². The van der Waals surface area contributed by atoms with Gasteiger partial charge in [-0.25, -0.2) is 0 Å². The predicted molar refractivity (Wildman–Crippen MR) is 129 cm³/mol. The Morgan fingerprint density at radius 3 is 2.42 bits per heavy atom. The van der Waals surface area contributed by atoms with E-state index in [-0.39, 0.29) is 5.92 Å². The van der Waals surface area contributed by atoms with Crippen LogP contribution < -0.4 is 4.74 Å². The van der Waals surface area contributed by atoms with Crippen LogP contribution in [0.1, 0.15) is 57.4 Å². The molecule has 3 aliphatic heterocycles. The largest absolute Gasteiger partial charge is 0.490 e. The maximum absolute atomic E-state index is 12.7. The topological polar surface area (TPSA) is 46.9 Å². The molecule has 1 amide bonds. The summed E-state index contributed by atoms with van der Waals surface area (Å²) in [5.41, 5.74) is 1.27. The molecule has 2 aromatic rings. The van der Waals surface area contributed by atoms with Gasteiger partial charge in [0.25, 0.3) is 0 Å². The van der Waals surface area contributed by atoms with Crippen molar-refractivity contribution >= 4 is 16.8 Å². The first kappa shape index (κ1) is 21.5. The van der Waals surface area contributed by atoms with Gasteiger partial charge in [-0.2, -0.15) is 0 Å². The Morgan fingerprint density at radius 1 is 0.909 bits per heavy atom. The molecule has 33 heavy (non-hydrogen) atoms. The van der Waals surface area contributed by atoms with Crippen molar-refractivity contribution < 1.29 is 14.3 Å². The SMILES string of the molecule is O=C(C1CCOC1)N1CCC(n2ccc3cc(OC4CCN(C5CCC5)CC4)ccc32)CC1. The fourth-order valence-corrected chi connectivity index (χ4v) is 6.19. The zero-order valence-electron chi connectivity index (χ0n) is 19.7. The fourth-order valence-electron chi connectivity index (χ4n) is 6.19. The number of benzene rings is 1. The van der Waals surface area contributed by atoms with Gasteiger partial charge in [-0.15, -0.1) is 0 Å². The molecule has 6 heteroatoms. The number of fused-ring (bicyclic) bond motifs is 1. The Balaban J connectivity index is 1.05. The van der Waals surface area contributed by atoms with Gasteiger partial charge in [0.2, 0.25) is 5.91 Å². The number of amides is 1. The standard InChI is InChI=1S/C27H37N3O3/c31-27(21-11-17-32-19-21)29-12-7-23(8-13-29)30-16-6-20-18-25(4-5-26(20)30)33-24-9-14-28(15-10-24)22-2-1-3-22/h4-6,16,18,21-24H,1-3,7-15,17,19H2. The minimum atomic E-state index is 0.0813. The van der Waals surface area contributed by atoms with Crippen molar-refractivity contribution in [1.82, 2.24) is 14.4 Å². The summed E-state index contributed by atoms with van der Waals surface area (Å²) in [6.07, 6.45) is 11.9. The van der Waals surface area contributed by atoms with Crippen LogP contribution in [0.4, 0.5) is 0 Å². The zero-order chi connectivity index (χ0) is 22.2. The van der Waals surface area contributed by atoms with Gasteiger partial charge in [-0.05, 0) is 69.2 Å². The number of hydrogen-bond acceptors (Lipinski definition) is 4. The van der Waals surface area contributed by atoms with Gasteiger partial charge in [0.05, 0.1) is 12.5 Å². The lowest BCUT2D eigenvalue weighted by Gasteiger charge is -2.41. The van der Waals surface area contributed by atoms with Crippen LogP contribution in [0.3, 0.4) is 0 Å². The summed E-state index contributed by atoms with van der Waals surface area (Å²) >= 11 is 0. The second-order valence-electron chi connectivity index (χ2n) is 10.5. The molecule has 1 aliphatic carbocycles. The highest BCUT2D eigenvalue weighted by atomic mass is 16.5. The first-order chi connectivity index (χ1) is 16.2. The first-order valence-electron chi connectivity index (χ1n) is 13.1. The number of rotatable bonds is 5. The van der Waals surface area contributed by atoms with E-state index in [1.165, 1.54) is 43.3 Å². The quantitative estimate of drug-likeness (QED) is 0.682. The van der Waals surface area contributed by atoms with Gasteiger partial charge < -0.3 is 23.8 Å². The summed E-state index contributed by atoms with van der Waals surface area (Å²) in [6, 6.07) is 10.1. The molecular weight excluding hydrogens is 414 g/mol. The van der Waals surface area contributed by atoms with E-state index in [0.717, 1.165) is 63.6 Å². The number of ether oxygens (including phenoxy) is 2. The minimum absolute atomic E-state index is 0.0813. The van der Waals surface area contributed by atoms with Gasteiger partial charge in [0.1, 0.15) is 11.9 Å². The number of nitrogens with zero attached hydrogens (tertiary/aromatic N) is 3. The number of likely N-dealkylation sites (tertiary alicyclic amines) is 2. The molecule has 4 heterocycles. The lowest BCUT2D eigenvalue weighted by molar-refractivity contribution is -0.136. The lowest BCUT2D eigenvalue weighted by Crippen LogP contribution is -2.46. The van der Waals surface area contributed by atoms with E-state index in [4.69, 9.17) is 9.47 Å². The maximum Gasteiger partial charge on any atom is 0.228 e. The molecule has 1 aromatic carbocycles. The molecule has 4 aliphatic rings. The first-order valence-corrected chi connectivity index (χ1v) is 13.1. The van der Waals surface area contributed by atoms with Crippen LogP contribution >= 0.6 is 0 Å². The van der Waals surface area contributed by atoms with Crippen LogP contribution in [0.25, 0.3) is 10.9 Å². The third-order valence-corrected chi connectivity index (χ3v) is 8.51. The third-order valence-electron chi connectivity index (χ3n) is 8.51. The highest BCUT2D eigenvalue weighted by Gasteiger charge is 2.32. The van der Waals surface area contributed by atoms with E-state index in [2.05, 4.69) is 44.8 Å². The summed E-state index contributed by atoms with van der Waals surface area (Å²) in [5.74, 6) is 1.38. The van der Waals surface area contributed by atoms with Crippen LogP contribution in [-0.4, -0.2) is 71.8 Å². The second-order valence-corrected chi connectivity index (χ2v) is 10.5. The van der Waals surface area contributed by atoms with E-state index in [0.29, 0.717) is 24.7 Å². The van der Waals surface area contributed by atoms with Crippen molar-refractivity contribution in [1.29, 1.82) is 0 Å². The Morgan fingerprint density at radius 2 is 1.73 bits per heavy atom. The van der Waals surface area contributed by atoms with E-state index in [1.54, 1.807) is 0 Å². The van der Waals surface area contributed by atoms with Gasteiger partial charge in [0, 0.05) is 62.0 Å². The Hall–Kier alpha value is -2.05. The van der Waals surface area contributed by atoms with Gasteiger partial charge in [-0.1, -0.05) is 6.42 Å². The normalized spacial score (nSPS) is 26.1. The highest BCUT2D eigenvalue weighted by molar-refractivity contribution is 5.82. The molecule has 6 rings (SSSR count). The van der Waals surface area contributed by atoms with Gasteiger partial charge in [-0.3, -0.25) is 4.79 Å². The highest BCUT2D eigenvalue weighted by Crippen LogP contribution is 2.32. The molecule has 178 valence electrons. The van der Waals surface area contributed by atoms with Crippen LogP contribution in [0, 0.1) is 5.92 Å². The molecule has 0 radical (unpaired) electrons.